The van der Waals surface area contributed by atoms with Gasteiger partial charge in [0.05, 0.1) is 24.1 Å². The molecule has 2 N–H and O–H groups in total. The van der Waals surface area contributed by atoms with Gasteiger partial charge in [-0.3, -0.25) is 19.5 Å². The van der Waals surface area contributed by atoms with E-state index in [2.05, 4.69) is 4.98 Å². The van der Waals surface area contributed by atoms with Crippen LogP contribution in [0, 0.1) is 17.3 Å². The maximum atomic E-state index is 12.1. The number of piperidine rings is 1. The molecule has 0 bridgehead atoms. The van der Waals surface area contributed by atoms with Crippen LogP contribution in [0.4, 0.5) is 5.69 Å². The number of carbonyl (C=O) groups excluding carboxylic acids is 2. The van der Waals surface area contributed by atoms with E-state index in [0.29, 0.717) is 11.4 Å². The number of rotatable bonds is 2. The molecule has 5 heteroatoms. The standard InChI is InChI=1S/C13H15N3O2/c1-13(2)9-10(13)12(18)16(11(9)17)6-8-5-7(14)3-4-15-8/h3-5,9-10H,6H2,1-2H3,(H2,14,15). The number of carbonyl (C=O) groups is 2. The van der Waals surface area contributed by atoms with Gasteiger partial charge >= 0.3 is 0 Å². The normalized spacial score (nSPS) is 28.4. The molecule has 2 atom stereocenters. The Morgan fingerprint density at radius 3 is 2.50 bits per heavy atom. The SMILES string of the molecule is CC1(C)C2C(=O)N(Cc3cc(N)ccn3)C(=O)C21. The van der Waals surface area contributed by atoms with Crippen LogP contribution in [-0.4, -0.2) is 21.7 Å². The maximum Gasteiger partial charge on any atom is 0.234 e. The first-order valence-corrected chi connectivity index (χ1v) is 5.98. The zero-order chi connectivity index (χ0) is 13.1. The minimum Gasteiger partial charge on any atom is -0.399 e. The van der Waals surface area contributed by atoms with Crippen LogP contribution < -0.4 is 5.73 Å². The number of hydrogen-bond acceptors (Lipinski definition) is 4. The number of pyridine rings is 1. The maximum absolute atomic E-state index is 12.1. The van der Waals surface area contributed by atoms with Gasteiger partial charge in [0.25, 0.3) is 0 Å². The predicted octanol–water partition coefficient (Wildman–Crippen LogP) is 0.805. The molecule has 0 spiro atoms. The Bertz CT molecular complexity index is 529. The molecule has 2 unspecified atom stereocenters. The van der Waals surface area contributed by atoms with Crippen molar-refractivity contribution in [2.24, 2.45) is 17.3 Å². The molecule has 5 nitrogen and oxygen atoms in total. The molecule has 94 valence electrons. The molecular weight excluding hydrogens is 230 g/mol. The molecule has 18 heavy (non-hydrogen) atoms. The largest absolute Gasteiger partial charge is 0.399 e. The lowest BCUT2D eigenvalue weighted by Gasteiger charge is -2.20. The van der Waals surface area contributed by atoms with Crippen molar-refractivity contribution >= 4 is 17.5 Å². The summed E-state index contributed by atoms with van der Waals surface area (Å²) >= 11 is 0. The van der Waals surface area contributed by atoms with Crippen LogP contribution in [0.15, 0.2) is 18.3 Å². The Labute approximate surface area is 105 Å². The predicted molar refractivity (Wildman–Crippen MR) is 65.0 cm³/mol. The third-order valence-electron chi connectivity index (χ3n) is 4.05. The van der Waals surface area contributed by atoms with E-state index in [-0.39, 0.29) is 35.6 Å². The van der Waals surface area contributed by atoms with Crippen molar-refractivity contribution in [1.29, 1.82) is 0 Å². The van der Waals surface area contributed by atoms with Crippen molar-refractivity contribution in [2.45, 2.75) is 20.4 Å². The van der Waals surface area contributed by atoms with E-state index in [0.717, 1.165) is 0 Å². The number of anilines is 1. The molecule has 1 aliphatic heterocycles. The monoisotopic (exact) mass is 245 g/mol. The lowest BCUT2D eigenvalue weighted by atomic mass is 10.1. The summed E-state index contributed by atoms with van der Waals surface area (Å²) in [5.74, 6) is -0.407. The van der Waals surface area contributed by atoms with E-state index >= 15 is 0 Å². The van der Waals surface area contributed by atoms with Crippen LogP contribution in [0.3, 0.4) is 0 Å². The number of imide groups is 1. The Kier molecular flexibility index (Phi) is 2.06. The smallest absolute Gasteiger partial charge is 0.234 e. The van der Waals surface area contributed by atoms with Gasteiger partial charge in [-0.2, -0.15) is 0 Å². The number of nitrogens with two attached hydrogens (primary N) is 1. The van der Waals surface area contributed by atoms with Gasteiger partial charge in [0.2, 0.25) is 11.8 Å². The number of aromatic nitrogens is 1. The average molecular weight is 245 g/mol. The third kappa shape index (κ3) is 1.36. The molecular formula is C13H15N3O2. The lowest BCUT2D eigenvalue weighted by molar-refractivity contribution is -0.143. The van der Waals surface area contributed by atoms with Gasteiger partial charge in [-0.1, -0.05) is 13.8 Å². The Morgan fingerprint density at radius 2 is 1.94 bits per heavy atom. The summed E-state index contributed by atoms with van der Waals surface area (Å²) in [7, 11) is 0. The highest BCUT2D eigenvalue weighted by molar-refractivity contribution is 6.10. The lowest BCUT2D eigenvalue weighted by Crippen LogP contribution is -2.35. The molecule has 1 aliphatic carbocycles. The summed E-state index contributed by atoms with van der Waals surface area (Å²) < 4.78 is 0. The van der Waals surface area contributed by atoms with Gasteiger partial charge in [0.1, 0.15) is 0 Å². The quantitative estimate of drug-likeness (QED) is 0.782. The number of amides is 2. The Balaban J connectivity index is 1.80. The van der Waals surface area contributed by atoms with Crippen LogP contribution in [-0.2, 0) is 16.1 Å². The first-order chi connectivity index (χ1) is 8.43. The first kappa shape index (κ1) is 11.2. The van der Waals surface area contributed by atoms with Crippen molar-refractivity contribution < 1.29 is 9.59 Å². The average Bonchev–Trinajstić information content (AvgIpc) is 2.77. The fourth-order valence-electron chi connectivity index (χ4n) is 2.91. The van der Waals surface area contributed by atoms with E-state index in [1.807, 2.05) is 13.8 Å². The van der Waals surface area contributed by atoms with Crippen molar-refractivity contribution in [2.75, 3.05) is 5.73 Å². The molecule has 0 aromatic carbocycles. The molecule has 1 aromatic rings. The Morgan fingerprint density at radius 1 is 1.33 bits per heavy atom. The van der Waals surface area contributed by atoms with Crippen LogP contribution >= 0.6 is 0 Å². The number of fused-ring (bicyclic) bond motifs is 1. The summed E-state index contributed by atoms with van der Waals surface area (Å²) in [4.78, 5) is 29.6. The van der Waals surface area contributed by atoms with Crippen LogP contribution in [0.1, 0.15) is 19.5 Å². The number of likely N-dealkylation sites (tertiary alicyclic amines) is 1. The van der Waals surface area contributed by atoms with Gasteiger partial charge in [-0.25, -0.2) is 0 Å². The summed E-state index contributed by atoms with van der Waals surface area (Å²) in [5.41, 5.74) is 6.73. The minimum absolute atomic E-state index is 0.0702. The van der Waals surface area contributed by atoms with Gasteiger partial charge in [0.15, 0.2) is 0 Å². The summed E-state index contributed by atoms with van der Waals surface area (Å²) in [6, 6.07) is 3.37. The van der Waals surface area contributed by atoms with Gasteiger partial charge in [0, 0.05) is 11.9 Å². The molecule has 3 rings (SSSR count). The van der Waals surface area contributed by atoms with E-state index in [1.165, 1.54) is 4.90 Å². The minimum atomic E-state index is -0.159. The van der Waals surface area contributed by atoms with E-state index in [9.17, 15) is 9.59 Å². The fourth-order valence-corrected chi connectivity index (χ4v) is 2.91. The summed E-state index contributed by atoms with van der Waals surface area (Å²) in [6.45, 7) is 4.16. The first-order valence-electron chi connectivity index (χ1n) is 5.98. The molecule has 2 heterocycles. The highest BCUT2D eigenvalue weighted by Gasteiger charge is 2.72. The van der Waals surface area contributed by atoms with Crippen molar-refractivity contribution in [1.82, 2.24) is 9.88 Å². The second-order valence-electron chi connectivity index (χ2n) is 5.62. The van der Waals surface area contributed by atoms with Gasteiger partial charge < -0.3 is 5.73 Å². The molecule has 1 aromatic heterocycles. The third-order valence-corrected chi connectivity index (χ3v) is 4.05. The molecule has 1 saturated heterocycles. The van der Waals surface area contributed by atoms with Crippen LogP contribution in [0.2, 0.25) is 0 Å². The van der Waals surface area contributed by atoms with E-state index in [4.69, 9.17) is 5.73 Å². The molecule has 2 fully saturated rings. The second-order valence-corrected chi connectivity index (χ2v) is 5.62. The molecule has 2 amide bonds. The van der Waals surface area contributed by atoms with E-state index < -0.39 is 0 Å². The second kappa shape index (κ2) is 3.31. The zero-order valence-electron chi connectivity index (χ0n) is 10.4. The molecule has 0 radical (unpaired) electrons. The number of nitrogen functional groups attached to an aromatic ring is 1. The topological polar surface area (TPSA) is 76.3 Å². The fraction of sp³-hybridized carbons (Fsp3) is 0.462. The van der Waals surface area contributed by atoms with Crippen LogP contribution in [0.25, 0.3) is 0 Å². The number of hydrogen-bond donors (Lipinski definition) is 1. The molecule has 2 aliphatic rings. The van der Waals surface area contributed by atoms with Crippen molar-refractivity contribution in [3.63, 3.8) is 0 Å². The van der Waals surface area contributed by atoms with Gasteiger partial charge in [-0.05, 0) is 17.5 Å². The zero-order valence-corrected chi connectivity index (χ0v) is 10.4. The summed E-state index contributed by atoms with van der Waals surface area (Å²) in [6.07, 6.45) is 1.58. The van der Waals surface area contributed by atoms with E-state index in [1.54, 1.807) is 18.3 Å². The van der Waals surface area contributed by atoms with Gasteiger partial charge in [-0.15, -0.1) is 0 Å². The molecule has 1 saturated carbocycles. The van der Waals surface area contributed by atoms with Crippen LogP contribution in [0.5, 0.6) is 0 Å². The van der Waals surface area contributed by atoms with Crippen molar-refractivity contribution in [3.05, 3.63) is 24.0 Å². The highest BCUT2D eigenvalue weighted by atomic mass is 16.2. The highest BCUT2D eigenvalue weighted by Crippen LogP contribution is 2.63. The Hall–Kier alpha value is -1.91. The number of nitrogens with zero attached hydrogens (tertiary/aromatic N) is 2. The van der Waals surface area contributed by atoms with Crippen molar-refractivity contribution in [3.8, 4) is 0 Å². The summed E-state index contributed by atoms with van der Waals surface area (Å²) in [5, 5.41) is 0.